The topological polar surface area (TPSA) is 68.4 Å². The molecule has 0 aliphatic heterocycles. The Kier molecular flexibility index (Phi) is 3.45. The molecule has 0 bridgehead atoms. The molecule has 0 saturated heterocycles. The number of benzene rings is 1. The summed E-state index contributed by atoms with van der Waals surface area (Å²) in [5.74, 6) is -0.192. The van der Waals surface area contributed by atoms with Gasteiger partial charge in [0, 0.05) is 18.2 Å². The summed E-state index contributed by atoms with van der Waals surface area (Å²) < 4.78 is 2.63. The molecule has 1 aromatic carbocycles. The predicted molar refractivity (Wildman–Crippen MR) is 89.8 cm³/mol. The molecule has 0 unspecified atom stereocenters. The van der Waals surface area contributed by atoms with Crippen LogP contribution in [0.5, 0.6) is 0 Å². The number of aromatic nitrogens is 3. The molecular formula is C18H18N4O2. The Morgan fingerprint density at radius 1 is 1.12 bits per heavy atom. The lowest BCUT2D eigenvalue weighted by Gasteiger charge is -2.16. The van der Waals surface area contributed by atoms with Crippen LogP contribution in [0.15, 0.2) is 59.5 Å². The van der Waals surface area contributed by atoms with Crippen molar-refractivity contribution in [1.82, 2.24) is 19.5 Å². The number of hydrogen-bond acceptors (Lipinski definition) is 3. The Labute approximate surface area is 138 Å². The number of hydrogen-bond donors (Lipinski definition) is 1. The maximum absolute atomic E-state index is 12.2. The molecule has 1 fully saturated rings. The minimum atomic E-state index is -0.301. The third-order valence-electron chi connectivity index (χ3n) is 4.65. The van der Waals surface area contributed by atoms with Gasteiger partial charge in [-0.05, 0) is 30.5 Å². The summed E-state index contributed by atoms with van der Waals surface area (Å²) in [6.07, 6.45) is 3.80. The molecule has 3 aromatic rings. The van der Waals surface area contributed by atoms with Crippen molar-refractivity contribution >= 4 is 11.6 Å². The highest BCUT2D eigenvalue weighted by Gasteiger charge is 2.44. The number of fused-ring (bicyclic) bond motifs is 1. The molecule has 0 atom stereocenters. The summed E-state index contributed by atoms with van der Waals surface area (Å²) in [5.41, 5.74) is 1.55. The van der Waals surface area contributed by atoms with E-state index in [0.717, 1.165) is 12.8 Å². The van der Waals surface area contributed by atoms with Crippen LogP contribution in [0.25, 0.3) is 5.65 Å². The van der Waals surface area contributed by atoms with E-state index in [1.807, 2.05) is 24.3 Å². The molecule has 6 nitrogen and oxygen atoms in total. The van der Waals surface area contributed by atoms with Crippen LogP contribution >= 0.6 is 0 Å². The molecule has 24 heavy (non-hydrogen) atoms. The van der Waals surface area contributed by atoms with Gasteiger partial charge in [0.25, 0.3) is 0 Å². The summed E-state index contributed by atoms with van der Waals surface area (Å²) in [5, 5.41) is 7.13. The highest BCUT2D eigenvalue weighted by atomic mass is 16.2. The lowest BCUT2D eigenvalue weighted by molar-refractivity contribution is -0.122. The van der Waals surface area contributed by atoms with E-state index in [1.54, 1.807) is 18.3 Å². The van der Waals surface area contributed by atoms with Gasteiger partial charge in [-0.3, -0.25) is 9.20 Å². The predicted octanol–water partition coefficient (Wildman–Crippen LogP) is 1.34. The molecule has 2 aromatic heterocycles. The summed E-state index contributed by atoms with van der Waals surface area (Å²) in [6, 6.07) is 15.6. The number of rotatable bonds is 5. The first-order valence-corrected chi connectivity index (χ1v) is 8.04. The van der Waals surface area contributed by atoms with Gasteiger partial charge in [-0.15, -0.1) is 5.10 Å². The van der Waals surface area contributed by atoms with Crippen LogP contribution in [-0.2, 0) is 16.8 Å². The molecule has 1 N–H and O–H groups in total. The second-order valence-corrected chi connectivity index (χ2v) is 6.29. The lowest BCUT2D eigenvalue weighted by Crippen LogP contribution is -2.37. The van der Waals surface area contributed by atoms with Gasteiger partial charge >= 0.3 is 5.69 Å². The molecular weight excluding hydrogens is 304 g/mol. The van der Waals surface area contributed by atoms with Gasteiger partial charge in [-0.25, -0.2) is 9.48 Å². The van der Waals surface area contributed by atoms with Crippen molar-refractivity contribution < 1.29 is 4.79 Å². The summed E-state index contributed by atoms with van der Waals surface area (Å²) >= 11 is 0. The lowest BCUT2D eigenvalue weighted by atomic mass is 9.96. The molecule has 122 valence electrons. The normalized spacial score (nSPS) is 15.3. The van der Waals surface area contributed by atoms with Gasteiger partial charge in [-0.2, -0.15) is 0 Å². The standard InChI is InChI=1S/C18H18N4O2/c23-16(12-22-17(24)21-11-5-4-8-15(21)20-22)19-13-18(9-10-18)14-6-2-1-3-7-14/h1-8,11H,9-10,12-13H2,(H,19,23). The Bertz CT molecular complexity index is 938. The Morgan fingerprint density at radius 3 is 2.58 bits per heavy atom. The fourth-order valence-corrected chi connectivity index (χ4v) is 3.04. The molecule has 1 amide bonds. The van der Waals surface area contributed by atoms with E-state index < -0.39 is 0 Å². The van der Waals surface area contributed by atoms with E-state index in [4.69, 9.17) is 0 Å². The largest absolute Gasteiger partial charge is 0.354 e. The molecule has 0 spiro atoms. The quantitative estimate of drug-likeness (QED) is 0.771. The second kappa shape index (κ2) is 5.63. The van der Waals surface area contributed by atoms with Crippen LogP contribution in [0.4, 0.5) is 0 Å². The van der Waals surface area contributed by atoms with Crippen LogP contribution in [-0.4, -0.2) is 26.6 Å². The van der Waals surface area contributed by atoms with Gasteiger partial charge in [0.05, 0.1) is 0 Å². The molecule has 1 aliphatic carbocycles. The van der Waals surface area contributed by atoms with Crippen molar-refractivity contribution in [3.8, 4) is 0 Å². The Balaban J connectivity index is 1.44. The first kappa shape index (κ1) is 14.7. The van der Waals surface area contributed by atoms with Crippen LogP contribution in [0.1, 0.15) is 18.4 Å². The second-order valence-electron chi connectivity index (χ2n) is 6.29. The maximum atomic E-state index is 12.2. The zero-order chi connectivity index (χ0) is 16.6. The van der Waals surface area contributed by atoms with Gasteiger partial charge in [0.2, 0.25) is 5.91 Å². The van der Waals surface area contributed by atoms with Gasteiger partial charge in [0.15, 0.2) is 5.65 Å². The van der Waals surface area contributed by atoms with Crippen molar-refractivity contribution in [2.75, 3.05) is 6.54 Å². The summed E-state index contributed by atoms with van der Waals surface area (Å²) in [7, 11) is 0. The molecule has 0 radical (unpaired) electrons. The van der Waals surface area contributed by atoms with Crippen LogP contribution in [0.2, 0.25) is 0 Å². The molecule has 1 saturated carbocycles. The maximum Gasteiger partial charge on any atom is 0.350 e. The third-order valence-corrected chi connectivity index (χ3v) is 4.65. The molecule has 4 rings (SSSR count). The fraction of sp³-hybridized carbons (Fsp3) is 0.278. The van der Waals surface area contributed by atoms with E-state index in [9.17, 15) is 9.59 Å². The third kappa shape index (κ3) is 2.60. The van der Waals surface area contributed by atoms with Crippen molar-refractivity contribution in [2.45, 2.75) is 24.8 Å². The van der Waals surface area contributed by atoms with E-state index in [0.29, 0.717) is 12.2 Å². The average Bonchev–Trinajstić information content (AvgIpc) is 3.35. The van der Waals surface area contributed by atoms with Gasteiger partial charge in [-0.1, -0.05) is 36.4 Å². The van der Waals surface area contributed by atoms with Crippen molar-refractivity contribution in [3.05, 3.63) is 70.8 Å². The summed E-state index contributed by atoms with van der Waals surface area (Å²) in [4.78, 5) is 24.4. The number of nitrogens with one attached hydrogen (secondary N) is 1. The number of carbonyl (C=O) groups excluding carboxylic acids is 1. The first-order chi connectivity index (χ1) is 11.7. The highest BCUT2D eigenvalue weighted by molar-refractivity contribution is 5.75. The fourth-order valence-electron chi connectivity index (χ4n) is 3.04. The SMILES string of the molecule is O=C(Cn1nc2ccccn2c1=O)NCC1(c2ccccc2)CC1. The highest BCUT2D eigenvalue weighted by Crippen LogP contribution is 2.47. The van der Waals surface area contributed by atoms with Gasteiger partial charge < -0.3 is 5.32 Å². The minimum absolute atomic E-state index is 0.0563. The van der Waals surface area contributed by atoms with E-state index in [1.165, 1.54) is 14.6 Å². The molecule has 2 heterocycles. The van der Waals surface area contributed by atoms with Crippen LogP contribution < -0.4 is 11.0 Å². The smallest absolute Gasteiger partial charge is 0.350 e. The van der Waals surface area contributed by atoms with Crippen molar-refractivity contribution in [1.29, 1.82) is 0 Å². The zero-order valence-corrected chi connectivity index (χ0v) is 13.2. The van der Waals surface area contributed by atoms with Crippen molar-refractivity contribution in [3.63, 3.8) is 0 Å². The van der Waals surface area contributed by atoms with Gasteiger partial charge in [0.1, 0.15) is 6.54 Å². The van der Waals surface area contributed by atoms with Crippen LogP contribution in [0.3, 0.4) is 0 Å². The zero-order valence-electron chi connectivity index (χ0n) is 13.2. The number of nitrogens with zero attached hydrogens (tertiary/aromatic N) is 3. The number of carbonyl (C=O) groups is 1. The minimum Gasteiger partial charge on any atom is -0.354 e. The molecule has 6 heteroatoms. The van der Waals surface area contributed by atoms with Crippen LogP contribution in [0, 0.1) is 0 Å². The van der Waals surface area contributed by atoms with E-state index in [2.05, 4.69) is 22.5 Å². The average molecular weight is 322 g/mol. The Hall–Kier alpha value is -2.89. The van der Waals surface area contributed by atoms with E-state index >= 15 is 0 Å². The molecule has 1 aliphatic rings. The monoisotopic (exact) mass is 322 g/mol. The van der Waals surface area contributed by atoms with Crippen molar-refractivity contribution in [2.24, 2.45) is 0 Å². The van der Waals surface area contributed by atoms with E-state index in [-0.39, 0.29) is 23.6 Å². The first-order valence-electron chi connectivity index (χ1n) is 8.04. The Morgan fingerprint density at radius 2 is 1.88 bits per heavy atom. The number of amides is 1. The summed E-state index contributed by atoms with van der Waals surface area (Å²) in [6.45, 7) is 0.531. The number of pyridine rings is 1.